The molecule has 1 atom stereocenters. The van der Waals surface area contributed by atoms with E-state index in [9.17, 15) is 9.36 Å². The second-order valence-electron chi connectivity index (χ2n) is 4.07. The fraction of sp³-hybridized carbons (Fsp3) is 0.900. The van der Waals surface area contributed by atoms with Crippen molar-refractivity contribution in [1.82, 2.24) is 10.4 Å². The lowest BCUT2D eigenvalue weighted by Gasteiger charge is -2.20. The topological polar surface area (TPSA) is 103 Å². The number of nitrogens with zero attached hydrogens (tertiary/aromatic N) is 1. The van der Waals surface area contributed by atoms with E-state index in [1.165, 1.54) is 0 Å². The number of carbonyl (C=O) groups is 1. The Hall–Kier alpha value is -0.660. The minimum atomic E-state index is -3.17. The number of rotatable bonds is 8. The average Bonchev–Trinajstić information content (AvgIpc) is 2.74. The summed E-state index contributed by atoms with van der Waals surface area (Å²) in [5.41, 5.74) is 7.50. The zero-order valence-corrected chi connectivity index (χ0v) is 12.2. The molecule has 0 aliphatic carbocycles. The maximum Gasteiger partial charge on any atom is 0.356 e. The molecule has 112 valence electrons. The molecule has 0 aromatic rings. The van der Waals surface area contributed by atoms with Crippen LogP contribution in [0.4, 0.5) is 4.79 Å². The van der Waals surface area contributed by atoms with Crippen LogP contribution in [-0.2, 0) is 18.3 Å². The summed E-state index contributed by atoms with van der Waals surface area (Å²) in [6.07, 6.45) is 0.517. The number of amides is 2. The molecule has 8 nitrogen and oxygen atoms in total. The first-order valence-corrected chi connectivity index (χ1v) is 8.02. The van der Waals surface area contributed by atoms with E-state index < -0.39 is 13.6 Å². The van der Waals surface area contributed by atoms with E-state index in [1.54, 1.807) is 18.9 Å². The molecule has 19 heavy (non-hydrogen) atoms. The first-order chi connectivity index (χ1) is 8.99. The number of nitrogens with two attached hydrogens (primary N) is 1. The van der Waals surface area contributed by atoms with Crippen molar-refractivity contribution >= 4 is 13.6 Å². The maximum atomic E-state index is 12.2. The molecule has 0 radical (unpaired) electrons. The molecule has 2 amide bonds. The van der Waals surface area contributed by atoms with Gasteiger partial charge in [-0.1, -0.05) is 0 Å². The van der Waals surface area contributed by atoms with Crippen LogP contribution >= 0.6 is 7.60 Å². The molecule has 0 saturated carbocycles. The third kappa shape index (κ3) is 5.88. The molecule has 1 rings (SSSR count). The fourth-order valence-electron chi connectivity index (χ4n) is 1.82. The highest BCUT2D eigenvalue weighted by Crippen LogP contribution is 2.48. The van der Waals surface area contributed by atoms with Crippen LogP contribution in [0.1, 0.15) is 20.3 Å². The number of hydrogen-bond acceptors (Lipinski definition) is 6. The van der Waals surface area contributed by atoms with Crippen molar-refractivity contribution in [2.75, 3.05) is 32.7 Å². The van der Waals surface area contributed by atoms with Crippen molar-refractivity contribution in [3.05, 3.63) is 0 Å². The van der Waals surface area contributed by atoms with Crippen molar-refractivity contribution in [3.8, 4) is 0 Å². The molecule has 9 heteroatoms. The number of nitrogens with one attached hydrogen (secondary N) is 1. The Balaban J connectivity index is 2.35. The Morgan fingerprint density at radius 2 is 2.05 bits per heavy atom. The highest BCUT2D eigenvalue weighted by Gasteiger charge is 2.29. The Labute approximate surface area is 113 Å². The van der Waals surface area contributed by atoms with Gasteiger partial charge in [-0.25, -0.2) is 9.80 Å². The van der Waals surface area contributed by atoms with E-state index in [4.69, 9.17) is 19.5 Å². The molecule has 0 aromatic carbocycles. The summed E-state index contributed by atoms with van der Waals surface area (Å²) in [5, 5.41) is 1.67. The van der Waals surface area contributed by atoms with Crippen molar-refractivity contribution in [2.24, 2.45) is 5.73 Å². The molecule has 1 fully saturated rings. The van der Waals surface area contributed by atoms with Gasteiger partial charge in [-0.05, 0) is 20.3 Å². The monoisotopic (exact) mass is 295 g/mol. The maximum absolute atomic E-state index is 12.2. The molecule has 1 aliphatic rings. The summed E-state index contributed by atoms with van der Waals surface area (Å²) in [4.78, 5) is 10.7. The number of hydrazine groups is 1. The minimum absolute atomic E-state index is 0.0796. The van der Waals surface area contributed by atoms with E-state index >= 15 is 0 Å². The fourth-order valence-corrected chi connectivity index (χ4v) is 3.23. The number of ether oxygens (including phenoxy) is 1. The van der Waals surface area contributed by atoms with Crippen molar-refractivity contribution in [1.29, 1.82) is 0 Å². The van der Waals surface area contributed by atoms with Gasteiger partial charge in [0.05, 0.1) is 19.3 Å². The Morgan fingerprint density at radius 3 is 2.58 bits per heavy atom. The Kier molecular flexibility index (Phi) is 6.74. The van der Waals surface area contributed by atoms with Crippen molar-refractivity contribution in [3.63, 3.8) is 0 Å². The minimum Gasteiger partial charge on any atom is -0.364 e. The van der Waals surface area contributed by atoms with Gasteiger partial charge >= 0.3 is 13.6 Å². The Morgan fingerprint density at radius 1 is 1.42 bits per heavy atom. The van der Waals surface area contributed by atoms with Crippen molar-refractivity contribution < 1.29 is 23.1 Å². The Bertz CT molecular complexity index is 331. The molecule has 0 bridgehead atoms. The third-order valence-electron chi connectivity index (χ3n) is 2.53. The normalized spacial score (nSPS) is 20.6. The molecule has 1 saturated heterocycles. The predicted molar refractivity (Wildman–Crippen MR) is 69.5 cm³/mol. The van der Waals surface area contributed by atoms with Gasteiger partial charge in [-0.2, -0.15) is 0 Å². The second kappa shape index (κ2) is 7.81. The highest BCUT2D eigenvalue weighted by atomic mass is 31.2. The van der Waals surface area contributed by atoms with E-state index in [1.807, 2.05) is 0 Å². The number of hydrogen-bond donors (Lipinski definition) is 2. The predicted octanol–water partition coefficient (Wildman–Crippen LogP) is 0.884. The molecule has 3 N–H and O–H groups in total. The van der Waals surface area contributed by atoms with E-state index in [0.29, 0.717) is 26.3 Å². The quantitative estimate of drug-likeness (QED) is 0.644. The summed E-state index contributed by atoms with van der Waals surface area (Å²) < 4.78 is 27.9. The molecule has 0 spiro atoms. The molecular weight excluding hydrogens is 273 g/mol. The smallest absolute Gasteiger partial charge is 0.356 e. The number of carbonyl (C=O) groups excluding carboxylic acids is 1. The van der Waals surface area contributed by atoms with E-state index in [0.717, 1.165) is 6.42 Å². The number of urea groups is 1. The van der Waals surface area contributed by atoms with Crippen LogP contribution in [-0.4, -0.2) is 49.8 Å². The summed E-state index contributed by atoms with van der Waals surface area (Å²) in [5.74, 6) is 0. The second-order valence-corrected chi connectivity index (χ2v) is 6.07. The first kappa shape index (κ1) is 16.4. The van der Waals surface area contributed by atoms with Gasteiger partial charge in [-0.3, -0.25) is 9.99 Å². The first-order valence-electron chi connectivity index (χ1n) is 6.30. The molecular formula is C10H22N3O5P. The average molecular weight is 295 g/mol. The molecule has 1 aliphatic heterocycles. The largest absolute Gasteiger partial charge is 0.364 e. The SMILES string of the molecule is CCOP(=O)(COC1CCN(NC(N)=O)C1)OCC. The van der Waals surface area contributed by atoms with Crippen LogP contribution in [0.2, 0.25) is 0 Å². The summed E-state index contributed by atoms with van der Waals surface area (Å²) >= 11 is 0. The van der Waals surface area contributed by atoms with Gasteiger partial charge < -0.3 is 19.5 Å². The zero-order chi connectivity index (χ0) is 14.3. The van der Waals surface area contributed by atoms with Gasteiger partial charge in [0.1, 0.15) is 6.35 Å². The zero-order valence-electron chi connectivity index (χ0n) is 11.3. The lowest BCUT2D eigenvalue weighted by atomic mass is 10.3. The van der Waals surface area contributed by atoms with Crippen LogP contribution in [0.5, 0.6) is 0 Å². The van der Waals surface area contributed by atoms with Crippen LogP contribution in [0, 0.1) is 0 Å². The summed E-state index contributed by atoms with van der Waals surface area (Å²) in [6, 6.07) is -0.602. The van der Waals surface area contributed by atoms with Crippen LogP contribution in [0.25, 0.3) is 0 Å². The van der Waals surface area contributed by atoms with Crippen LogP contribution in [0.3, 0.4) is 0 Å². The molecule has 0 aromatic heterocycles. The number of primary amides is 1. The lowest BCUT2D eigenvalue weighted by Crippen LogP contribution is -2.44. The highest BCUT2D eigenvalue weighted by molar-refractivity contribution is 7.53. The molecule has 1 heterocycles. The van der Waals surface area contributed by atoms with Crippen LogP contribution < -0.4 is 11.2 Å². The van der Waals surface area contributed by atoms with E-state index in [-0.39, 0.29) is 12.5 Å². The van der Waals surface area contributed by atoms with Gasteiger partial charge in [0.25, 0.3) is 0 Å². The van der Waals surface area contributed by atoms with Gasteiger partial charge in [0.2, 0.25) is 0 Å². The van der Waals surface area contributed by atoms with Crippen molar-refractivity contribution in [2.45, 2.75) is 26.4 Å². The summed E-state index contributed by atoms with van der Waals surface area (Å²) in [6.45, 7) is 5.25. The van der Waals surface area contributed by atoms with Crippen LogP contribution in [0.15, 0.2) is 0 Å². The van der Waals surface area contributed by atoms with Gasteiger partial charge in [0.15, 0.2) is 0 Å². The van der Waals surface area contributed by atoms with Gasteiger partial charge in [-0.15, -0.1) is 0 Å². The lowest BCUT2D eigenvalue weighted by molar-refractivity contribution is 0.0675. The van der Waals surface area contributed by atoms with E-state index in [2.05, 4.69) is 5.43 Å². The summed E-state index contributed by atoms with van der Waals surface area (Å²) in [7, 11) is -3.17. The third-order valence-corrected chi connectivity index (χ3v) is 4.30. The van der Waals surface area contributed by atoms with Gasteiger partial charge in [0, 0.05) is 13.1 Å². The molecule has 1 unspecified atom stereocenters. The standard InChI is InChI=1S/C10H22N3O5P/c1-3-17-19(15,18-4-2)8-16-9-5-6-13(7-9)12-10(11)14/h9H,3-8H2,1-2H3,(H3,11,12,14).